The Hall–Kier alpha value is -0.560. The molecule has 1 rings (SSSR count). The first-order valence-corrected chi connectivity index (χ1v) is 5.13. The SMILES string of the molecule is CC(C)(C)C1=CC=C(CCN)CC1. The smallest absolute Gasteiger partial charge is 0.00398 e. The van der Waals surface area contributed by atoms with Gasteiger partial charge in [0.1, 0.15) is 0 Å². The second-order valence-corrected chi connectivity index (χ2v) is 4.81. The number of nitrogens with two attached hydrogens (primary N) is 1. The van der Waals surface area contributed by atoms with E-state index in [0.29, 0.717) is 5.41 Å². The van der Waals surface area contributed by atoms with Gasteiger partial charge in [-0.25, -0.2) is 0 Å². The zero-order valence-electron chi connectivity index (χ0n) is 9.06. The van der Waals surface area contributed by atoms with Crippen molar-refractivity contribution in [1.82, 2.24) is 0 Å². The molecule has 0 radical (unpaired) electrons. The highest BCUT2D eigenvalue weighted by molar-refractivity contribution is 5.27. The van der Waals surface area contributed by atoms with Crippen molar-refractivity contribution in [2.24, 2.45) is 11.1 Å². The molecule has 0 amide bonds. The molecule has 2 N–H and O–H groups in total. The van der Waals surface area contributed by atoms with E-state index in [4.69, 9.17) is 5.73 Å². The highest BCUT2D eigenvalue weighted by atomic mass is 14.5. The van der Waals surface area contributed by atoms with E-state index < -0.39 is 0 Å². The monoisotopic (exact) mass is 179 g/mol. The third-order valence-electron chi connectivity index (χ3n) is 2.66. The van der Waals surface area contributed by atoms with Gasteiger partial charge in [-0.2, -0.15) is 0 Å². The highest BCUT2D eigenvalue weighted by Gasteiger charge is 2.18. The average molecular weight is 179 g/mol. The van der Waals surface area contributed by atoms with Crippen molar-refractivity contribution >= 4 is 0 Å². The Kier molecular flexibility index (Phi) is 3.32. The molecule has 0 aromatic carbocycles. The van der Waals surface area contributed by atoms with Crippen molar-refractivity contribution in [2.45, 2.75) is 40.0 Å². The van der Waals surface area contributed by atoms with Crippen LogP contribution >= 0.6 is 0 Å². The summed E-state index contributed by atoms with van der Waals surface area (Å²) in [5, 5.41) is 0. The molecule has 1 heteroatoms. The van der Waals surface area contributed by atoms with Gasteiger partial charge in [-0.3, -0.25) is 0 Å². The van der Waals surface area contributed by atoms with Gasteiger partial charge in [0, 0.05) is 0 Å². The maximum atomic E-state index is 5.52. The Balaban J connectivity index is 2.65. The van der Waals surface area contributed by atoms with Crippen LogP contribution in [0.3, 0.4) is 0 Å². The third kappa shape index (κ3) is 3.00. The number of hydrogen-bond donors (Lipinski definition) is 1. The summed E-state index contributed by atoms with van der Waals surface area (Å²) in [6, 6.07) is 0. The Morgan fingerprint density at radius 1 is 1.23 bits per heavy atom. The molecule has 0 fully saturated rings. The van der Waals surface area contributed by atoms with E-state index in [-0.39, 0.29) is 0 Å². The molecule has 1 aliphatic rings. The summed E-state index contributed by atoms with van der Waals surface area (Å²) in [5.74, 6) is 0. The summed E-state index contributed by atoms with van der Waals surface area (Å²) >= 11 is 0. The fourth-order valence-electron chi connectivity index (χ4n) is 1.70. The van der Waals surface area contributed by atoms with Crippen LogP contribution in [0.5, 0.6) is 0 Å². The highest BCUT2D eigenvalue weighted by Crippen LogP contribution is 2.33. The summed E-state index contributed by atoms with van der Waals surface area (Å²) in [4.78, 5) is 0. The molecular formula is C12H21N. The van der Waals surface area contributed by atoms with E-state index in [1.54, 1.807) is 5.57 Å². The lowest BCUT2D eigenvalue weighted by Gasteiger charge is -2.25. The normalized spacial score (nSPS) is 18.2. The second-order valence-electron chi connectivity index (χ2n) is 4.81. The molecule has 13 heavy (non-hydrogen) atoms. The molecule has 0 bridgehead atoms. The predicted octanol–water partition coefficient (Wildman–Crippen LogP) is 3.03. The van der Waals surface area contributed by atoms with Gasteiger partial charge in [0.25, 0.3) is 0 Å². The first kappa shape index (κ1) is 10.5. The molecule has 0 unspecified atom stereocenters. The molecule has 0 saturated carbocycles. The van der Waals surface area contributed by atoms with Crippen molar-refractivity contribution < 1.29 is 0 Å². The molecule has 0 aliphatic heterocycles. The first-order chi connectivity index (χ1) is 6.04. The maximum Gasteiger partial charge on any atom is -0.00398 e. The van der Waals surface area contributed by atoms with Crippen molar-refractivity contribution in [1.29, 1.82) is 0 Å². The van der Waals surface area contributed by atoms with Crippen LogP contribution in [0.15, 0.2) is 23.3 Å². The van der Waals surface area contributed by atoms with E-state index in [1.807, 2.05) is 0 Å². The molecule has 1 nitrogen and oxygen atoms in total. The molecule has 0 aromatic heterocycles. The molecule has 74 valence electrons. The predicted molar refractivity (Wildman–Crippen MR) is 58.5 cm³/mol. The Labute approximate surface area is 81.7 Å². The van der Waals surface area contributed by atoms with Gasteiger partial charge < -0.3 is 5.73 Å². The largest absolute Gasteiger partial charge is 0.330 e. The van der Waals surface area contributed by atoms with Gasteiger partial charge in [-0.15, -0.1) is 0 Å². The van der Waals surface area contributed by atoms with Crippen molar-refractivity contribution in [3.63, 3.8) is 0 Å². The van der Waals surface area contributed by atoms with Crippen LogP contribution in [0.25, 0.3) is 0 Å². The maximum absolute atomic E-state index is 5.52. The lowest BCUT2D eigenvalue weighted by atomic mass is 9.80. The Morgan fingerprint density at radius 3 is 2.31 bits per heavy atom. The van der Waals surface area contributed by atoms with Gasteiger partial charge in [0.05, 0.1) is 0 Å². The van der Waals surface area contributed by atoms with Gasteiger partial charge in [-0.1, -0.05) is 44.1 Å². The molecule has 0 atom stereocenters. The zero-order chi connectivity index (χ0) is 9.90. The topological polar surface area (TPSA) is 26.0 Å². The summed E-state index contributed by atoms with van der Waals surface area (Å²) < 4.78 is 0. The van der Waals surface area contributed by atoms with E-state index in [1.165, 1.54) is 18.4 Å². The van der Waals surface area contributed by atoms with Crippen LogP contribution in [0.2, 0.25) is 0 Å². The fraction of sp³-hybridized carbons (Fsp3) is 0.667. The van der Waals surface area contributed by atoms with E-state index >= 15 is 0 Å². The average Bonchev–Trinajstić information content (AvgIpc) is 2.04. The van der Waals surface area contributed by atoms with Crippen LogP contribution < -0.4 is 5.73 Å². The van der Waals surface area contributed by atoms with Gasteiger partial charge in [0.15, 0.2) is 0 Å². The van der Waals surface area contributed by atoms with Crippen LogP contribution in [-0.4, -0.2) is 6.54 Å². The zero-order valence-corrected chi connectivity index (χ0v) is 9.06. The third-order valence-corrected chi connectivity index (χ3v) is 2.66. The molecule has 1 aliphatic carbocycles. The Bertz CT molecular complexity index is 228. The minimum Gasteiger partial charge on any atom is -0.330 e. The molecule has 0 spiro atoms. The van der Waals surface area contributed by atoms with E-state index in [0.717, 1.165) is 13.0 Å². The summed E-state index contributed by atoms with van der Waals surface area (Å²) in [7, 11) is 0. The molecule has 0 heterocycles. The van der Waals surface area contributed by atoms with Crippen molar-refractivity contribution in [2.75, 3.05) is 6.54 Å². The number of rotatable bonds is 2. The summed E-state index contributed by atoms with van der Waals surface area (Å²) in [6.07, 6.45) is 8.04. The van der Waals surface area contributed by atoms with Gasteiger partial charge in [-0.05, 0) is 31.2 Å². The summed E-state index contributed by atoms with van der Waals surface area (Å²) in [6.45, 7) is 7.62. The van der Waals surface area contributed by atoms with Gasteiger partial charge in [0.2, 0.25) is 0 Å². The Morgan fingerprint density at radius 2 is 1.92 bits per heavy atom. The molecule has 0 aromatic rings. The lowest BCUT2D eigenvalue weighted by molar-refractivity contribution is 0.478. The molecule has 0 saturated heterocycles. The van der Waals surface area contributed by atoms with Crippen LogP contribution in [0.4, 0.5) is 0 Å². The number of hydrogen-bond acceptors (Lipinski definition) is 1. The first-order valence-electron chi connectivity index (χ1n) is 5.13. The van der Waals surface area contributed by atoms with E-state index in [9.17, 15) is 0 Å². The van der Waals surface area contributed by atoms with Crippen LogP contribution in [0.1, 0.15) is 40.0 Å². The second kappa shape index (κ2) is 4.10. The van der Waals surface area contributed by atoms with Crippen LogP contribution in [-0.2, 0) is 0 Å². The standard InChI is InChI=1S/C12H21N/c1-12(2,3)11-6-4-10(5-7-11)8-9-13/h4,6H,5,7-9,13H2,1-3H3. The minimum atomic E-state index is 0.338. The quantitative estimate of drug-likeness (QED) is 0.692. The molecular weight excluding hydrogens is 158 g/mol. The summed E-state index contributed by atoms with van der Waals surface area (Å²) in [5.41, 5.74) is 8.93. The van der Waals surface area contributed by atoms with E-state index in [2.05, 4.69) is 32.9 Å². The lowest BCUT2D eigenvalue weighted by Crippen LogP contribution is -2.12. The van der Waals surface area contributed by atoms with Crippen LogP contribution in [0, 0.1) is 5.41 Å². The minimum absolute atomic E-state index is 0.338. The van der Waals surface area contributed by atoms with Gasteiger partial charge >= 0.3 is 0 Å². The number of allylic oxidation sites excluding steroid dienone is 3. The fourth-order valence-corrected chi connectivity index (χ4v) is 1.70. The van der Waals surface area contributed by atoms with Crippen molar-refractivity contribution in [3.05, 3.63) is 23.3 Å². The van der Waals surface area contributed by atoms with Crippen molar-refractivity contribution in [3.8, 4) is 0 Å².